The van der Waals surface area contributed by atoms with Crippen molar-refractivity contribution in [3.05, 3.63) is 130 Å². The van der Waals surface area contributed by atoms with E-state index in [1.54, 1.807) is 66.0 Å². The van der Waals surface area contributed by atoms with Crippen LogP contribution in [-0.4, -0.2) is 81.5 Å². The van der Waals surface area contributed by atoms with Crippen molar-refractivity contribution < 1.29 is 60.6 Å². The van der Waals surface area contributed by atoms with Crippen molar-refractivity contribution >= 4 is 64.5 Å². The molecule has 18 heteroatoms. The molecule has 368 valence electrons. The average Bonchev–Trinajstić information content (AvgIpc) is 3.88. The summed E-state index contributed by atoms with van der Waals surface area (Å²) < 4.78 is 52.5. The molecule has 0 fully saturated rings. The molecule has 2 N–H and O–H groups in total. The van der Waals surface area contributed by atoms with Crippen LogP contribution in [0.15, 0.2) is 119 Å². The Morgan fingerprint density at radius 3 is 1.30 bits per heavy atom. The largest absolute Gasteiger partial charge is 1.00 e. The summed E-state index contributed by atoms with van der Waals surface area (Å²) in [4.78, 5) is 40.1. The van der Waals surface area contributed by atoms with Crippen LogP contribution in [0, 0.1) is 11.8 Å². The van der Waals surface area contributed by atoms with Crippen molar-refractivity contribution in [1.82, 2.24) is 9.97 Å². The predicted octanol–water partition coefficient (Wildman–Crippen LogP) is 7.73. The number of carboxylic acid groups (broad SMARTS) is 1. The van der Waals surface area contributed by atoms with E-state index in [0.29, 0.717) is 44.6 Å². The van der Waals surface area contributed by atoms with Gasteiger partial charge in [-0.1, -0.05) is 120 Å². The van der Waals surface area contributed by atoms with Crippen LogP contribution in [0.4, 0.5) is 10.3 Å². The van der Waals surface area contributed by atoms with E-state index in [1.807, 2.05) is 65.6 Å². The number of carboxylic acids is 1. The van der Waals surface area contributed by atoms with Gasteiger partial charge in [-0.25, -0.2) is 26.8 Å². The molecule has 0 amide bonds. The van der Waals surface area contributed by atoms with Gasteiger partial charge in [0.2, 0.25) is 0 Å². The second-order valence-corrected chi connectivity index (χ2v) is 23.0. The van der Waals surface area contributed by atoms with Crippen LogP contribution in [0.5, 0.6) is 0 Å². The number of anilines is 2. The number of esters is 1. The first kappa shape index (κ1) is 60.3. The third-order valence-corrected chi connectivity index (χ3v) is 14.7. The molecule has 13 nitrogen and oxygen atoms in total. The number of benzene rings is 4. The standard InChI is InChI=1S/C26H32N2O4S2.C24H28N2O4S2.CH4.Li.H2O/c1-5-32-24(29)15-16-28(18-20-9-7-6-8-10-20)26-27-25(23(33-26)17-19(2)3)21-11-13-22(14-12-21)34(4,30)31;1-17(2)15-21-23(19-9-11-20(12-10-19)32(3,29)30)25-24(31-21)26(14-13-22(27)28)16-18-7-5-4-6-8-18;;;/h6-14,19H,5,15-18H2,1-4H3;4-12,17H,13-16H2,1-3H3,(H,27,28);1H4;;1H2/q;;;+1;/p-1. The van der Waals surface area contributed by atoms with Crippen molar-refractivity contribution in [3.8, 4) is 22.5 Å². The summed E-state index contributed by atoms with van der Waals surface area (Å²) >= 11 is 3.20. The molecule has 2 aromatic heterocycles. The summed E-state index contributed by atoms with van der Waals surface area (Å²) in [6.45, 7) is 12.8. The minimum atomic E-state index is -3.27. The van der Waals surface area contributed by atoms with Gasteiger partial charge < -0.3 is 25.1 Å². The number of hydrogen-bond donors (Lipinski definition) is 1. The van der Waals surface area contributed by atoms with Gasteiger partial charge in [-0.3, -0.25) is 9.59 Å². The van der Waals surface area contributed by atoms with Gasteiger partial charge in [-0.15, -0.1) is 22.7 Å². The number of carbonyl (C=O) groups excluding carboxylic acids is 1. The molecule has 0 spiro atoms. The van der Waals surface area contributed by atoms with Crippen molar-refractivity contribution in [1.29, 1.82) is 0 Å². The first-order valence-electron chi connectivity index (χ1n) is 21.9. The smallest absolute Gasteiger partial charge is 0.870 e. The summed E-state index contributed by atoms with van der Waals surface area (Å²) in [5, 5.41) is 10.8. The van der Waals surface area contributed by atoms with E-state index < -0.39 is 25.6 Å². The van der Waals surface area contributed by atoms with Crippen LogP contribution in [0.2, 0.25) is 0 Å². The van der Waals surface area contributed by atoms with E-state index in [2.05, 4.69) is 44.7 Å². The molecule has 0 aliphatic rings. The van der Waals surface area contributed by atoms with E-state index in [0.717, 1.165) is 66.5 Å². The van der Waals surface area contributed by atoms with Crippen molar-refractivity contribution in [3.63, 3.8) is 0 Å². The summed E-state index contributed by atoms with van der Waals surface area (Å²) in [6.07, 6.45) is 4.38. The number of nitrogens with zero attached hydrogens (tertiary/aromatic N) is 4. The van der Waals surface area contributed by atoms with Gasteiger partial charge in [-0.05, 0) is 67.0 Å². The molecule has 0 saturated carbocycles. The Morgan fingerprint density at radius 2 is 0.986 bits per heavy atom. The summed E-state index contributed by atoms with van der Waals surface area (Å²) in [5.41, 5.74) is 5.64. The third-order valence-electron chi connectivity index (χ3n) is 10.1. The van der Waals surface area contributed by atoms with Crippen LogP contribution in [-0.2, 0) is 59.9 Å². The van der Waals surface area contributed by atoms with E-state index in [-0.39, 0.29) is 60.4 Å². The van der Waals surface area contributed by atoms with Crippen LogP contribution in [0.1, 0.15) is 75.8 Å². The normalized spacial score (nSPS) is 11.1. The van der Waals surface area contributed by atoms with Gasteiger partial charge in [0.15, 0.2) is 29.9 Å². The zero-order valence-electron chi connectivity index (χ0n) is 40.1. The second kappa shape index (κ2) is 28.1. The molecule has 0 radical (unpaired) electrons. The molecule has 0 aliphatic carbocycles. The monoisotopic (exact) mass is 1010 g/mol. The molecule has 6 rings (SSSR count). The molecular weight excluding hydrogens is 948 g/mol. The Morgan fingerprint density at radius 1 is 0.623 bits per heavy atom. The fraction of sp³-hybridized carbons (Fsp3) is 0.373. The molecule has 0 atom stereocenters. The number of carbonyl (C=O) groups is 2. The summed E-state index contributed by atoms with van der Waals surface area (Å²) in [6, 6.07) is 33.7. The Labute approximate surface area is 429 Å². The number of hydrogen-bond acceptors (Lipinski definition) is 14. The van der Waals surface area contributed by atoms with Crippen LogP contribution in [0.3, 0.4) is 0 Å². The Hall–Kier alpha value is -4.86. The molecule has 0 unspecified atom stereocenters. The molecule has 2 heterocycles. The minimum Gasteiger partial charge on any atom is -0.870 e. The minimum absolute atomic E-state index is 0. The topological polar surface area (TPSA) is 194 Å². The molecule has 0 bridgehead atoms. The Balaban J connectivity index is 0.000000454. The third kappa shape index (κ3) is 18.8. The molecule has 6 aromatic rings. The molecule has 0 aliphatic heterocycles. The van der Waals surface area contributed by atoms with Gasteiger partial charge in [0.25, 0.3) is 0 Å². The predicted molar refractivity (Wildman–Crippen MR) is 276 cm³/mol. The van der Waals surface area contributed by atoms with E-state index >= 15 is 0 Å². The molecular formula is C51H65LiN4O9S4. The quantitative estimate of drug-likeness (QED) is 0.0544. The first-order valence-corrected chi connectivity index (χ1v) is 27.3. The van der Waals surface area contributed by atoms with Gasteiger partial charge in [-0.2, -0.15) is 0 Å². The van der Waals surface area contributed by atoms with E-state index in [4.69, 9.17) is 14.7 Å². The molecule has 0 saturated heterocycles. The van der Waals surface area contributed by atoms with Crippen molar-refractivity contribution in [2.24, 2.45) is 11.8 Å². The number of thiazole rings is 2. The van der Waals surface area contributed by atoms with Gasteiger partial charge in [0, 0.05) is 59.6 Å². The number of ether oxygens (including phenoxy) is 1. The van der Waals surface area contributed by atoms with Crippen molar-refractivity contribution in [2.45, 2.75) is 90.6 Å². The van der Waals surface area contributed by atoms with E-state index in [1.165, 1.54) is 12.5 Å². The fourth-order valence-electron chi connectivity index (χ4n) is 6.92. The number of rotatable bonds is 21. The Bertz CT molecular complexity index is 2730. The van der Waals surface area contributed by atoms with Crippen molar-refractivity contribution in [2.75, 3.05) is 42.0 Å². The SMILES string of the molecule is C.CC(C)Cc1sc(N(CCC(=O)O)Cc2ccccc2)nc1-c1ccc(S(C)(=O)=O)cc1.CCOC(=O)CCN(Cc1ccccc1)c1nc(-c2ccc(S(C)(=O)=O)cc2)c(CC(C)C)s1.[Li+].[OH-]. The molecule has 4 aromatic carbocycles. The van der Waals surface area contributed by atoms with Gasteiger partial charge >= 0.3 is 30.8 Å². The fourth-order valence-corrected chi connectivity index (χ4v) is 10.8. The zero-order valence-corrected chi connectivity index (χ0v) is 43.4. The number of sulfone groups is 2. The zero-order chi connectivity index (χ0) is 48.0. The average molecular weight is 1010 g/mol. The van der Waals surface area contributed by atoms with Crippen LogP contribution >= 0.6 is 22.7 Å². The van der Waals surface area contributed by atoms with Gasteiger partial charge in [0.05, 0.1) is 40.6 Å². The second-order valence-electron chi connectivity index (χ2n) is 16.8. The first-order chi connectivity index (χ1) is 31.3. The van der Waals surface area contributed by atoms with Crippen LogP contribution in [0.25, 0.3) is 22.5 Å². The summed E-state index contributed by atoms with van der Waals surface area (Å²) in [5.74, 6) is -0.224. The Kier molecular flexibility index (Phi) is 24.5. The summed E-state index contributed by atoms with van der Waals surface area (Å²) in [7, 11) is -6.53. The van der Waals surface area contributed by atoms with Gasteiger partial charge in [0.1, 0.15) is 0 Å². The van der Waals surface area contributed by atoms with E-state index in [9.17, 15) is 31.5 Å². The maximum Gasteiger partial charge on any atom is 1.00 e. The van der Waals surface area contributed by atoms with Crippen LogP contribution < -0.4 is 28.7 Å². The molecule has 69 heavy (non-hydrogen) atoms. The maximum absolute atomic E-state index is 12.1. The number of aliphatic carboxylic acids is 1. The maximum atomic E-state index is 12.1. The number of aromatic nitrogens is 2.